The standard InChI is InChI=1S/C15H12O3/c1-10-5-4-6-11(9-10)14(16)12-7-2-3-8-13(12)15(17)18/h2-9H,1H3,(H,17,18)/p-1. The highest BCUT2D eigenvalue weighted by Gasteiger charge is 2.13. The molecule has 0 spiro atoms. The van der Waals surface area contributed by atoms with E-state index in [4.69, 9.17) is 0 Å². The highest BCUT2D eigenvalue weighted by atomic mass is 16.4. The number of hydrogen-bond donors (Lipinski definition) is 0. The summed E-state index contributed by atoms with van der Waals surface area (Å²) in [5.41, 5.74) is 1.50. The smallest absolute Gasteiger partial charge is 0.193 e. The molecular weight excluding hydrogens is 228 g/mol. The lowest BCUT2D eigenvalue weighted by Gasteiger charge is -2.09. The molecule has 0 aliphatic heterocycles. The molecule has 18 heavy (non-hydrogen) atoms. The minimum Gasteiger partial charge on any atom is -0.545 e. The Bertz CT molecular complexity index is 615. The molecule has 0 aliphatic carbocycles. The number of carboxylic acid groups (broad SMARTS) is 1. The van der Waals surface area contributed by atoms with E-state index >= 15 is 0 Å². The predicted octanol–water partition coefficient (Wildman–Crippen LogP) is 1.59. The fraction of sp³-hybridized carbons (Fsp3) is 0.0667. The second-order valence-corrected chi connectivity index (χ2v) is 4.03. The molecule has 0 atom stereocenters. The third kappa shape index (κ3) is 2.30. The van der Waals surface area contributed by atoms with Gasteiger partial charge in [-0.15, -0.1) is 0 Å². The van der Waals surface area contributed by atoms with Crippen LogP contribution in [0.15, 0.2) is 48.5 Å². The number of aromatic carboxylic acids is 1. The molecular formula is C15H11O3-. The second-order valence-electron chi connectivity index (χ2n) is 4.03. The van der Waals surface area contributed by atoms with Crippen molar-refractivity contribution in [1.82, 2.24) is 0 Å². The van der Waals surface area contributed by atoms with Crippen LogP contribution in [-0.2, 0) is 0 Å². The van der Waals surface area contributed by atoms with E-state index in [0.717, 1.165) is 5.56 Å². The molecule has 2 aromatic rings. The average Bonchev–Trinajstić information content (AvgIpc) is 2.38. The van der Waals surface area contributed by atoms with E-state index in [9.17, 15) is 14.7 Å². The van der Waals surface area contributed by atoms with Crippen LogP contribution < -0.4 is 5.11 Å². The van der Waals surface area contributed by atoms with Crippen LogP contribution in [0.4, 0.5) is 0 Å². The van der Waals surface area contributed by atoms with Crippen LogP contribution in [-0.4, -0.2) is 11.8 Å². The van der Waals surface area contributed by atoms with Crippen molar-refractivity contribution in [2.24, 2.45) is 0 Å². The average molecular weight is 239 g/mol. The molecule has 0 amide bonds. The zero-order valence-electron chi connectivity index (χ0n) is 9.84. The zero-order valence-corrected chi connectivity index (χ0v) is 9.84. The topological polar surface area (TPSA) is 57.2 Å². The number of carbonyl (C=O) groups excluding carboxylic acids is 2. The molecule has 0 N–H and O–H groups in total. The Kier molecular flexibility index (Phi) is 3.24. The number of rotatable bonds is 3. The molecule has 0 heterocycles. The maximum absolute atomic E-state index is 12.2. The van der Waals surface area contributed by atoms with Crippen LogP contribution in [0, 0.1) is 6.92 Å². The summed E-state index contributed by atoms with van der Waals surface area (Å²) in [5, 5.41) is 11.0. The number of benzene rings is 2. The van der Waals surface area contributed by atoms with Gasteiger partial charge in [0.15, 0.2) is 5.78 Å². The van der Waals surface area contributed by atoms with Crippen LogP contribution in [0.3, 0.4) is 0 Å². The highest BCUT2D eigenvalue weighted by molar-refractivity contribution is 6.14. The molecule has 0 aliphatic rings. The number of ketones is 1. The summed E-state index contributed by atoms with van der Waals surface area (Å²) >= 11 is 0. The van der Waals surface area contributed by atoms with E-state index in [0.29, 0.717) is 5.56 Å². The summed E-state index contributed by atoms with van der Waals surface area (Å²) in [6.45, 7) is 1.88. The van der Waals surface area contributed by atoms with Gasteiger partial charge in [0.25, 0.3) is 0 Å². The van der Waals surface area contributed by atoms with Crippen LogP contribution in [0.1, 0.15) is 31.8 Å². The first kappa shape index (κ1) is 12.0. The Morgan fingerprint density at radius 1 is 0.944 bits per heavy atom. The summed E-state index contributed by atoms with van der Waals surface area (Å²) in [5.74, 6) is -1.65. The Balaban J connectivity index is 2.50. The molecule has 0 saturated carbocycles. The normalized spacial score (nSPS) is 10.1. The minimum absolute atomic E-state index is 0.0796. The molecule has 0 radical (unpaired) electrons. The molecule has 0 bridgehead atoms. The van der Waals surface area contributed by atoms with Crippen molar-refractivity contribution in [3.05, 3.63) is 70.8 Å². The Hall–Kier alpha value is -2.42. The molecule has 0 aromatic heterocycles. The Labute approximate surface area is 105 Å². The molecule has 2 rings (SSSR count). The molecule has 3 heteroatoms. The van der Waals surface area contributed by atoms with Gasteiger partial charge in [-0.1, -0.05) is 48.0 Å². The summed E-state index contributed by atoms with van der Waals surface area (Å²) in [6, 6.07) is 13.1. The van der Waals surface area contributed by atoms with Gasteiger partial charge < -0.3 is 9.90 Å². The lowest BCUT2D eigenvalue weighted by molar-refractivity contribution is -0.255. The number of aryl methyl sites for hydroxylation is 1. The van der Waals surface area contributed by atoms with Crippen molar-refractivity contribution in [2.75, 3.05) is 0 Å². The molecule has 0 unspecified atom stereocenters. The lowest BCUT2D eigenvalue weighted by Crippen LogP contribution is -2.25. The van der Waals surface area contributed by atoms with Crippen LogP contribution >= 0.6 is 0 Å². The Morgan fingerprint density at radius 3 is 2.22 bits per heavy atom. The van der Waals surface area contributed by atoms with E-state index in [2.05, 4.69) is 0 Å². The van der Waals surface area contributed by atoms with Crippen molar-refractivity contribution in [3.8, 4) is 0 Å². The fourth-order valence-electron chi connectivity index (χ4n) is 1.80. The summed E-state index contributed by atoms with van der Waals surface area (Å²) in [4.78, 5) is 23.2. The minimum atomic E-state index is -1.34. The largest absolute Gasteiger partial charge is 0.545 e. The van der Waals surface area contributed by atoms with Crippen molar-refractivity contribution in [2.45, 2.75) is 6.92 Å². The van der Waals surface area contributed by atoms with Gasteiger partial charge >= 0.3 is 0 Å². The van der Waals surface area contributed by atoms with Gasteiger partial charge in [-0.25, -0.2) is 0 Å². The summed E-state index contributed by atoms with van der Waals surface area (Å²) in [7, 11) is 0. The summed E-state index contributed by atoms with van der Waals surface area (Å²) < 4.78 is 0. The van der Waals surface area contributed by atoms with E-state index in [1.165, 1.54) is 12.1 Å². The lowest BCUT2D eigenvalue weighted by atomic mass is 9.97. The first-order valence-electron chi connectivity index (χ1n) is 5.51. The fourth-order valence-corrected chi connectivity index (χ4v) is 1.80. The first-order chi connectivity index (χ1) is 8.59. The highest BCUT2D eigenvalue weighted by Crippen LogP contribution is 2.15. The quantitative estimate of drug-likeness (QED) is 0.764. The predicted molar refractivity (Wildman–Crippen MR) is 65.4 cm³/mol. The number of hydrogen-bond acceptors (Lipinski definition) is 3. The van der Waals surface area contributed by atoms with E-state index < -0.39 is 5.97 Å². The van der Waals surface area contributed by atoms with Crippen LogP contribution in [0.2, 0.25) is 0 Å². The van der Waals surface area contributed by atoms with Crippen LogP contribution in [0.25, 0.3) is 0 Å². The number of carbonyl (C=O) groups is 2. The van der Waals surface area contributed by atoms with Gasteiger partial charge in [0.2, 0.25) is 0 Å². The SMILES string of the molecule is Cc1cccc(C(=O)c2ccccc2C(=O)[O-])c1. The Morgan fingerprint density at radius 2 is 1.61 bits per heavy atom. The monoisotopic (exact) mass is 239 g/mol. The summed E-state index contributed by atoms with van der Waals surface area (Å²) in [6.07, 6.45) is 0. The maximum atomic E-state index is 12.2. The number of carboxylic acids is 1. The van der Waals surface area contributed by atoms with Crippen LogP contribution in [0.5, 0.6) is 0 Å². The van der Waals surface area contributed by atoms with Crippen molar-refractivity contribution in [1.29, 1.82) is 0 Å². The van der Waals surface area contributed by atoms with Gasteiger partial charge in [0, 0.05) is 16.7 Å². The maximum Gasteiger partial charge on any atom is 0.193 e. The van der Waals surface area contributed by atoms with Gasteiger partial charge in [-0.2, -0.15) is 0 Å². The second kappa shape index (κ2) is 4.84. The van der Waals surface area contributed by atoms with E-state index in [1.807, 2.05) is 13.0 Å². The third-order valence-electron chi connectivity index (χ3n) is 2.67. The van der Waals surface area contributed by atoms with E-state index in [-0.39, 0.29) is 16.9 Å². The molecule has 2 aromatic carbocycles. The molecule has 0 saturated heterocycles. The van der Waals surface area contributed by atoms with Crippen molar-refractivity contribution >= 4 is 11.8 Å². The van der Waals surface area contributed by atoms with Gasteiger partial charge in [0.05, 0.1) is 5.97 Å². The third-order valence-corrected chi connectivity index (χ3v) is 2.67. The van der Waals surface area contributed by atoms with E-state index in [1.54, 1.807) is 30.3 Å². The van der Waals surface area contributed by atoms with Crippen molar-refractivity contribution in [3.63, 3.8) is 0 Å². The van der Waals surface area contributed by atoms with Crippen molar-refractivity contribution < 1.29 is 14.7 Å². The van der Waals surface area contributed by atoms with Gasteiger partial charge in [-0.3, -0.25) is 4.79 Å². The first-order valence-corrected chi connectivity index (χ1v) is 5.51. The van der Waals surface area contributed by atoms with Gasteiger partial charge in [0.1, 0.15) is 0 Å². The zero-order chi connectivity index (χ0) is 13.1. The molecule has 0 fully saturated rings. The molecule has 3 nitrogen and oxygen atoms in total. The van der Waals surface area contributed by atoms with Gasteiger partial charge in [-0.05, 0) is 13.0 Å². The molecule has 90 valence electrons.